The zero-order valence-electron chi connectivity index (χ0n) is 18.8. The Morgan fingerprint density at radius 3 is 2.61 bits per heavy atom. The number of nitrogens with one attached hydrogen (secondary N) is 1. The summed E-state index contributed by atoms with van der Waals surface area (Å²) < 4.78 is 34.7. The van der Waals surface area contributed by atoms with Crippen molar-refractivity contribution in [1.29, 1.82) is 0 Å². The Bertz CT molecular complexity index is 1260. The Morgan fingerprint density at radius 1 is 1.03 bits per heavy atom. The third-order valence-corrected chi connectivity index (χ3v) is 5.19. The van der Waals surface area contributed by atoms with Gasteiger partial charge in [0.2, 0.25) is 0 Å². The van der Waals surface area contributed by atoms with Gasteiger partial charge in [0.15, 0.2) is 17.5 Å². The second-order valence-electron chi connectivity index (χ2n) is 7.86. The van der Waals surface area contributed by atoms with Gasteiger partial charge in [-0.2, -0.15) is 0 Å². The van der Waals surface area contributed by atoms with Gasteiger partial charge in [-0.3, -0.25) is 4.98 Å². The highest BCUT2D eigenvalue weighted by atomic mass is 19.2. The van der Waals surface area contributed by atoms with Crippen LogP contribution in [-0.2, 0) is 0 Å². The summed E-state index contributed by atoms with van der Waals surface area (Å²) in [6.45, 7) is 1.30. The minimum atomic E-state index is -0.908. The Morgan fingerprint density at radius 2 is 1.88 bits per heavy atom. The number of ether oxygens (including phenoxy) is 1. The van der Waals surface area contributed by atoms with Gasteiger partial charge in [0.1, 0.15) is 17.1 Å². The van der Waals surface area contributed by atoms with E-state index < -0.39 is 11.6 Å². The van der Waals surface area contributed by atoms with Crippen molar-refractivity contribution in [2.75, 3.05) is 39.6 Å². The van der Waals surface area contributed by atoms with Crippen molar-refractivity contribution in [3.8, 4) is 28.3 Å². The maximum Gasteiger partial charge on any atom is 0.166 e. The molecule has 0 aliphatic carbocycles. The highest BCUT2D eigenvalue weighted by Gasteiger charge is 2.18. The molecule has 0 atom stereocenters. The number of fused-ring (bicyclic) bond motifs is 1. The molecule has 0 amide bonds. The quantitative estimate of drug-likeness (QED) is 0.382. The summed E-state index contributed by atoms with van der Waals surface area (Å²) in [6, 6.07) is 11.3. The van der Waals surface area contributed by atoms with E-state index in [4.69, 9.17) is 9.72 Å². The smallest absolute Gasteiger partial charge is 0.166 e. The molecule has 0 unspecified atom stereocenters. The van der Waals surface area contributed by atoms with Gasteiger partial charge in [-0.1, -0.05) is 12.1 Å². The molecule has 0 aliphatic rings. The summed E-state index contributed by atoms with van der Waals surface area (Å²) in [6.07, 6.45) is 4.17. The average Bonchev–Trinajstić information content (AvgIpc) is 2.83. The van der Waals surface area contributed by atoms with Crippen LogP contribution in [0.4, 0.5) is 14.6 Å². The maximum absolute atomic E-state index is 14.6. The first kappa shape index (κ1) is 22.5. The van der Waals surface area contributed by atoms with E-state index >= 15 is 0 Å². The number of pyridine rings is 1. The third-order valence-electron chi connectivity index (χ3n) is 5.19. The van der Waals surface area contributed by atoms with Crippen molar-refractivity contribution in [3.05, 3.63) is 66.5 Å². The molecule has 4 aromatic rings. The molecule has 0 radical (unpaired) electrons. The van der Waals surface area contributed by atoms with Crippen LogP contribution in [0.1, 0.15) is 6.42 Å². The number of hydrogen-bond donors (Lipinski definition) is 1. The normalized spacial score (nSPS) is 11.2. The van der Waals surface area contributed by atoms with Crippen LogP contribution in [0.25, 0.3) is 33.4 Å². The number of aromatic nitrogens is 3. The van der Waals surface area contributed by atoms with Crippen LogP contribution in [0.15, 0.2) is 54.9 Å². The zero-order valence-corrected chi connectivity index (χ0v) is 18.8. The molecule has 0 spiro atoms. The molecule has 0 aliphatic heterocycles. The van der Waals surface area contributed by atoms with Crippen molar-refractivity contribution < 1.29 is 13.5 Å². The molecule has 6 nitrogen and oxygen atoms in total. The number of hydrogen-bond acceptors (Lipinski definition) is 6. The van der Waals surface area contributed by atoms with E-state index in [-0.39, 0.29) is 5.56 Å². The highest BCUT2D eigenvalue weighted by molar-refractivity contribution is 5.97. The van der Waals surface area contributed by atoms with Crippen molar-refractivity contribution in [2.24, 2.45) is 0 Å². The number of anilines is 1. The first-order valence-electron chi connectivity index (χ1n) is 10.6. The van der Waals surface area contributed by atoms with Crippen molar-refractivity contribution in [1.82, 2.24) is 19.9 Å². The van der Waals surface area contributed by atoms with E-state index in [1.54, 1.807) is 37.6 Å². The zero-order chi connectivity index (χ0) is 23.4. The van der Waals surface area contributed by atoms with Crippen LogP contribution in [0.5, 0.6) is 5.75 Å². The van der Waals surface area contributed by atoms with Crippen molar-refractivity contribution >= 4 is 16.7 Å². The molecule has 2 heterocycles. The van der Waals surface area contributed by atoms with Gasteiger partial charge in [0.05, 0.1) is 6.61 Å². The van der Waals surface area contributed by atoms with Gasteiger partial charge in [-0.25, -0.2) is 18.7 Å². The lowest BCUT2D eigenvalue weighted by Crippen LogP contribution is -2.15. The summed E-state index contributed by atoms with van der Waals surface area (Å²) in [5.41, 5.74) is 1.97. The molecule has 33 heavy (non-hydrogen) atoms. The van der Waals surface area contributed by atoms with Crippen LogP contribution in [0.2, 0.25) is 0 Å². The maximum atomic E-state index is 14.6. The topological polar surface area (TPSA) is 63.2 Å². The molecule has 8 heteroatoms. The molecule has 0 fully saturated rings. The molecule has 0 saturated carbocycles. The second-order valence-corrected chi connectivity index (χ2v) is 7.86. The highest BCUT2D eigenvalue weighted by Crippen LogP contribution is 2.37. The molecule has 2 aromatic carbocycles. The first-order chi connectivity index (χ1) is 16.0. The number of benzene rings is 2. The Kier molecular flexibility index (Phi) is 6.74. The van der Waals surface area contributed by atoms with Gasteiger partial charge < -0.3 is 15.0 Å². The van der Waals surface area contributed by atoms with Crippen LogP contribution in [-0.4, -0.2) is 54.1 Å². The minimum absolute atomic E-state index is 0.147. The van der Waals surface area contributed by atoms with Gasteiger partial charge >= 0.3 is 0 Å². The standard InChI is InChI=1S/C25H25F2N5O/c1-28-25-19-13-17(18-8-4-9-20(26)22(18)27)14-21(33-12-6-11-32(2)3)23(19)30-24(31-25)16-7-5-10-29-15-16/h4-5,7-10,13-15H,6,11-12H2,1-3H3,(H,28,30,31). The van der Waals surface area contributed by atoms with Gasteiger partial charge in [0, 0.05) is 42.5 Å². The van der Waals surface area contributed by atoms with Gasteiger partial charge in [0.25, 0.3) is 0 Å². The Balaban J connectivity index is 1.88. The molecule has 4 rings (SSSR count). The fraction of sp³-hybridized carbons (Fsp3) is 0.240. The summed E-state index contributed by atoms with van der Waals surface area (Å²) in [7, 11) is 5.74. The number of rotatable bonds is 8. The van der Waals surface area contributed by atoms with Crippen LogP contribution in [0, 0.1) is 11.6 Å². The molecule has 1 N–H and O–H groups in total. The van der Waals surface area contributed by atoms with E-state index in [1.807, 2.05) is 26.2 Å². The molecular formula is C25H25F2N5O. The van der Waals surface area contributed by atoms with E-state index in [0.29, 0.717) is 40.5 Å². The van der Waals surface area contributed by atoms with Gasteiger partial charge in [-0.15, -0.1) is 0 Å². The van der Waals surface area contributed by atoms with E-state index in [0.717, 1.165) is 24.6 Å². The van der Waals surface area contributed by atoms with E-state index in [1.165, 1.54) is 6.07 Å². The van der Waals surface area contributed by atoms with Crippen LogP contribution in [0.3, 0.4) is 0 Å². The monoisotopic (exact) mass is 449 g/mol. The van der Waals surface area contributed by atoms with E-state index in [2.05, 4.69) is 20.2 Å². The summed E-state index contributed by atoms with van der Waals surface area (Å²) in [5.74, 6) is -0.292. The lowest BCUT2D eigenvalue weighted by atomic mass is 10.0. The first-order valence-corrected chi connectivity index (χ1v) is 10.6. The fourth-order valence-electron chi connectivity index (χ4n) is 3.57. The largest absolute Gasteiger partial charge is 0.491 e. The lowest BCUT2D eigenvalue weighted by molar-refractivity contribution is 0.284. The molecule has 170 valence electrons. The van der Waals surface area contributed by atoms with Gasteiger partial charge in [-0.05, 0) is 56.4 Å². The Labute approximate surface area is 191 Å². The van der Waals surface area contributed by atoms with Crippen LogP contribution >= 0.6 is 0 Å². The SMILES string of the molecule is CNc1nc(-c2cccnc2)nc2c(OCCCN(C)C)cc(-c3cccc(F)c3F)cc12. The van der Waals surface area contributed by atoms with Crippen molar-refractivity contribution in [3.63, 3.8) is 0 Å². The van der Waals surface area contributed by atoms with Crippen molar-refractivity contribution in [2.45, 2.75) is 6.42 Å². The number of nitrogens with zero attached hydrogens (tertiary/aromatic N) is 4. The lowest BCUT2D eigenvalue weighted by Gasteiger charge is -2.16. The fourth-order valence-corrected chi connectivity index (χ4v) is 3.57. The average molecular weight is 450 g/mol. The van der Waals surface area contributed by atoms with E-state index in [9.17, 15) is 8.78 Å². The summed E-state index contributed by atoms with van der Waals surface area (Å²) in [5, 5.41) is 3.74. The third kappa shape index (κ3) is 4.90. The summed E-state index contributed by atoms with van der Waals surface area (Å²) in [4.78, 5) is 15.6. The number of halogens is 2. The van der Waals surface area contributed by atoms with Crippen LogP contribution < -0.4 is 10.1 Å². The summed E-state index contributed by atoms with van der Waals surface area (Å²) >= 11 is 0. The molecule has 2 aromatic heterocycles. The predicted molar refractivity (Wildman–Crippen MR) is 126 cm³/mol. The minimum Gasteiger partial charge on any atom is -0.491 e. The molecular weight excluding hydrogens is 424 g/mol. The second kappa shape index (κ2) is 9.87. The molecule has 0 bridgehead atoms. The predicted octanol–water partition coefficient (Wildman–Crippen LogP) is 5.01. The Hall–Kier alpha value is -3.65. The molecule has 0 saturated heterocycles.